The molecule has 1 amide bonds. The third kappa shape index (κ3) is 3.40. The number of hydrogen-bond acceptors (Lipinski definition) is 6. The Kier molecular flexibility index (Phi) is 5.42. The van der Waals surface area contributed by atoms with Crippen LogP contribution in [-0.2, 0) is 14.8 Å². The first-order chi connectivity index (χ1) is 12.3. The van der Waals surface area contributed by atoms with E-state index in [1.807, 2.05) is 13.8 Å². The Labute approximate surface area is 165 Å². The number of hydrogen-bond donors (Lipinski definition) is 1. The van der Waals surface area contributed by atoms with E-state index in [0.717, 1.165) is 21.8 Å². The third-order valence-corrected chi connectivity index (χ3v) is 9.08. The summed E-state index contributed by atoms with van der Waals surface area (Å²) >= 11 is 8.15. The van der Waals surface area contributed by atoms with Gasteiger partial charge in [-0.2, -0.15) is 9.57 Å². The Morgan fingerprint density at radius 2 is 2.12 bits per heavy atom. The first-order valence-electron chi connectivity index (χ1n) is 7.84. The highest BCUT2D eigenvalue weighted by Gasteiger charge is 2.40. The van der Waals surface area contributed by atoms with Gasteiger partial charge in [0.15, 0.2) is 0 Å². The van der Waals surface area contributed by atoms with Crippen molar-refractivity contribution in [2.45, 2.75) is 36.9 Å². The van der Waals surface area contributed by atoms with Crippen LogP contribution in [0.4, 0.5) is 5.00 Å². The average molecular weight is 430 g/mol. The second-order valence-electron chi connectivity index (χ2n) is 5.92. The number of sulfonamides is 1. The molecule has 0 unspecified atom stereocenters. The number of carbonyl (C=O) groups is 1. The highest BCUT2D eigenvalue weighted by molar-refractivity contribution is 7.91. The molecule has 2 aromatic heterocycles. The molecule has 2 aromatic rings. The number of anilines is 1. The number of carbonyl (C=O) groups excluding carboxylic acids is 1. The zero-order chi connectivity index (χ0) is 19.1. The lowest BCUT2D eigenvalue weighted by atomic mass is 10.2. The number of rotatable bonds is 4. The van der Waals surface area contributed by atoms with Gasteiger partial charge in [-0.25, -0.2) is 8.42 Å². The minimum Gasteiger partial charge on any atom is -0.315 e. The topological polar surface area (TPSA) is 90.3 Å². The molecule has 1 aliphatic heterocycles. The van der Waals surface area contributed by atoms with Crippen LogP contribution in [0, 0.1) is 25.2 Å². The van der Waals surface area contributed by atoms with E-state index >= 15 is 0 Å². The van der Waals surface area contributed by atoms with E-state index in [1.54, 1.807) is 0 Å². The van der Waals surface area contributed by atoms with Gasteiger partial charge in [0, 0.05) is 11.4 Å². The van der Waals surface area contributed by atoms with Crippen LogP contribution in [0.25, 0.3) is 0 Å². The molecule has 0 spiro atoms. The van der Waals surface area contributed by atoms with Crippen LogP contribution in [0.5, 0.6) is 0 Å². The minimum absolute atomic E-state index is 0.128. The van der Waals surface area contributed by atoms with Crippen LogP contribution < -0.4 is 5.32 Å². The van der Waals surface area contributed by atoms with E-state index in [0.29, 0.717) is 27.7 Å². The number of amides is 1. The quantitative estimate of drug-likeness (QED) is 0.801. The maximum Gasteiger partial charge on any atom is 0.253 e. The summed E-state index contributed by atoms with van der Waals surface area (Å²) in [6.07, 6.45) is 1.04. The molecule has 0 saturated carbocycles. The van der Waals surface area contributed by atoms with Crippen LogP contribution >= 0.6 is 34.3 Å². The summed E-state index contributed by atoms with van der Waals surface area (Å²) in [4.78, 5) is 13.7. The summed E-state index contributed by atoms with van der Waals surface area (Å²) in [5.74, 6) is -0.411. The Morgan fingerprint density at radius 3 is 2.73 bits per heavy atom. The Morgan fingerprint density at radius 1 is 1.38 bits per heavy atom. The predicted octanol–water partition coefficient (Wildman–Crippen LogP) is 3.74. The van der Waals surface area contributed by atoms with Crippen molar-refractivity contribution in [2.24, 2.45) is 0 Å². The van der Waals surface area contributed by atoms with Gasteiger partial charge in [0.2, 0.25) is 5.91 Å². The monoisotopic (exact) mass is 429 g/mol. The molecule has 0 aromatic carbocycles. The molecule has 3 rings (SSSR count). The molecule has 1 aliphatic rings. The summed E-state index contributed by atoms with van der Waals surface area (Å²) in [6, 6.07) is 4.29. The molecule has 0 radical (unpaired) electrons. The van der Waals surface area contributed by atoms with Crippen molar-refractivity contribution in [1.29, 1.82) is 5.26 Å². The Bertz CT molecular complexity index is 1000. The zero-order valence-electron chi connectivity index (χ0n) is 14.1. The van der Waals surface area contributed by atoms with Crippen LogP contribution in [0.15, 0.2) is 16.3 Å². The lowest BCUT2D eigenvalue weighted by Gasteiger charge is -2.22. The van der Waals surface area contributed by atoms with Gasteiger partial charge in [0.05, 0.1) is 9.90 Å². The van der Waals surface area contributed by atoms with E-state index in [4.69, 9.17) is 11.6 Å². The standard InChI is InChI=1S/C16H16ClN3O3S3/c1-9-10(2)24-16(11(9)8-18)19-15(21)12-4-3-7-20(12)26(22,23)14-6-5-13(17)25-14/h5-6,12H,3-4,7H2,1-2H3,(H,19,21)/t12-/m0/s1. The first-order valence-corrected chi connectivity index (χ1v) is 11.3. The van der Waals surface area contributed by atoms with Gasteiger partial charge in [-0.3, -0.25) is 4.79 Å². The lowest BCUT2D eigenvalue weighted by Crippen LogP contribution is -2.42. The molecule has 26 heavy (non-hydrogen) atoms. The zero-order valence-corrected chi connectivity index (χ0v) is 17.3. The Balaban J connectivity index is 1.86. The lowest BCUT2D eigenvalue weighted by molar-refractivity contribution is -0.119. The highest BCUT2D eigenvalue weighted by Crippen LogP contribution is 2.35. The van der Waals surface area contributed by atoms with Crippen molar-refractivity contribution in [3.8, 4) is 6.07 Å². The van der Waals surface area contributed by atoms with Crippen LogP contribution in [-0.4, -0.2) is 31.2 Å². The summed E-state index contributed by atoms with van der Waals surface area (Å²) < 4.78 is 27.4. The van der Waals surface area contributed by atoms with Crippen LogP contribution in [0.3, 0.4) is 0 Å². The van der Waals surface area contributed by atoms with E-state index in [2.05, 4.69) is 11.4 Å². The molecule has 0 bridgehead atoms. The SMILES string of the molecule is Cc1sc(NC(=O)[C@@H]2CCCN2S(=O)(=O)c2ccc(Cl)s2)c(C#N)c1C. The molecule has 1 atom stereocenters. The number of nitrogens with one attached hydrogen (secondary N) is 1. The second-order valence-corrected chi connectivity index (χ2v) is 11.0. The van der Waals surface area contributed by atoms with Crippen molar-refractivity contribution < 1.29 is 13.2 Å². The molecule has 3 heterocycles. The number of nitriles is 1. The predicted molar refractivity (Wildman–Crippen MR) is 103 cm³/mol. The van der Waals surface area contributed by atoms with Crippen LogP contribution in [0.1, 0.15) is 28.8 Å². The van der Waals surface area contributed by atoms with E-state index < -0.39 is 22.0 Å². The number of halogens is 1. The second kappa shape index (κ2) is 7.29. The summed E-state index contributed by atoms with van der Waals surface area (Å²) in [6.45, 7) is 3.99. The maximum atomic E-state index is 12.8. The summed E-state index contributed by atoms with van der Waals surface area (Å²) in [5, 5.41) is 12.5. The molecule has 1 fully saturated rings. The average Bonchev–Trinajstić information content (AvgIpc) is 3.28. The van der Waals surface area contributed by atoms with Gasteiger partial charge in [-0.1, -0.05) is 11.6 Å². The summed E-state index contributed by atoms with van der Waals surface area (Å²) in [5.41, 5.74) is 1.26. The smallest absolute Gasteiger partial charge is 0.253 e. The largest absolute Gasteiger partial charge is 0.315 e. The number of aryl methyl sites for hydroxylation is 1. The fourth-order valence-electron chi connectivity index (χ4n) is 2.89. The number of nitrogens with zero attached hydrogens (tertiary/aromatic N) is 2. The van der Waals surface area contributed by atoms with E-state index in [1.165, 1.54) is 27.8 Å². The van der Waals surface area contributed by atoms with Crippen molar-refractivity contribution in [2.75, 3.05) is 11.9 Å². The van der Waals surface area contributed by atoms with E-state index in [9.17, 15) is 18.5 Å². The molecular formula is C16H16ClN3O3S3. The molecule has 1 saturated heterocycles. The van der Waals surface area contributed by atoms with Gasteiger partial charge in [-0.15, -0.1) is 22.7 Å². The van der Waals surface area contributed by atoms with Gasteiger partial charge in [-0.05, 0) is 44.4 Å². The maximum absolute atomic E-state index is 12.8. The fraction of sp³-hybridized carbons (Fsp3) is 0.375. The molecule has 138 valence electrons. The minimum atomic E-state index is -3.78. The highest BCUT2D eigenvalue weighted by atomic mass is 35.5. The van der Waals surface area contributed by atoms with Gasteiger partial charge in [0.1, 0.15) is 21.3 Å². The molecule has 10 heteroatoms. The third-order valence-electron chi connectivity index (χ3n) is 4.35. The summed E-state index contributed by atoms with van der Waals surface area (Å²) in [7, 11) is -3.78. The van der Waals surface area contributed by atoms with Gasteiger partial charge in [0.25, 0.3) is 10.0 Å². The molecule has 0 aliphatic carbocycles. The van der Waals surface area contributed by atoms with Crippen molar-refractivity contribution in [3.05, 3.63) is 32.5 Å². The number of thiophene rings is 2. The molecular weight excluding hydrogens is 414 g/mol. The molecule has 6 nitrogen and oxygen atoms in total. The van der Waals surface area contributed by atoms with Crippen molar-refractivity contribution in [1.82, 2.24) is 4.31 Å². The first kappa shape index (κ1) is 19.3. The fourth-order valence-corrected chi connectivity index (χ4v) is 7.17. The van der Waals surface area contributed by atoms with Crippen molar-refractivity contribution in [3.63, 3.8) is 0 Å². The van der Waals surface area contributed by atoms with Gasteiger partial charge >= 0.3 is 0 Å². The Hall–Kier alpha value is -1.44. The van der Waals surface area contributed by atoms with Crippen LogP contribution in [0.2, 0.25) is 4.34 Å². The van der Waals surface area contributed by atoms with Gasteiger partial charge < -0.3 is 5.32 Å². The molecule has 1 N–H and O–H groups in total. The normalized spacial score (nSPS) is 18.0. The van der Waals surface area contributed by atoms with E-state index in [-0.39, 0.29) is 10.8 Å². The van der Waals surface area contributed by atoms with Crippen molar-refractivity contribution >= 4 is 55.2 Å².